The molecule has 1 heterocycles. The van der Waals surface area contributed by atoms with E-state index in [1.165, 1.54) is 12.8 Å². The lowest BCUT2D eigenvalue weighted by atomic mass is 10.2. The van der Waals surface area contributed by atoms with E-state index >= 15 is 0 Å². The van der Waals surface area contributed by atoms with Crippen molar-refractivity contribution in [2.45, 2.75) is 32.2 Å². The standard InChI is InChI=1S/C14H15Cl3N2/c1-8(9-2-3-9)19-13-7-11(17)10(16)6-12(13)18-14(19)4-5-15/h6-9H,2-5H2,1H3. The summed E-state index contributed by atoms with van der Waals surface area (Å²) in [5, 5.41) is 1.13. The van der Waals surface area contributed by atoms with Crippen molar-refractivity contribution in [2.75, 3.05) is 5.88 Å². The van der Waals surface area contributed by atoms with Crippen molar-refractivity contribution in [1.82, 2.24) is 9.55 Å². The van der Waals surface area contributed by atoms with Crippen LogP contribution in [0.4, 0.5) is 0 Å². The molecule has 102 valence electrons. The summed E-state index contributed by atoms with van der Waals surface area (Å²) >= 11 is 18.1. The van der Waals surface area contributed by atoms with E-state index in [9.17, 15) is 0 Å². The smallest absolute Gasteiger partial charge is 0.111 e. The number of alkyl halides is 1. The van der Waals surface area contributed by atoms with Gasteiger partial charge in [0.1, 0.15) is 5.82 Å². The quantitative estimate of drug-likeness (QED) is 0.718. The maximum atomic E-state index is 6.15. The highest BCUT2D eigenvalue weighted by Gasteiger charge is 2.31. The molecule has 1 aromatic heterocycles. The van der Waals surface area contributed by atoms with E-state index in [0.717, 1.165) is 29.2 Å². The Bertz CT molecular complexity index is 617. The Morgan fingerprint density at radius 2 is 2.00 bits per heavy atom. The zero-order chi connectivity index (χ0) is 13.6. The van der Waals surface area contributed by atoms with Gasteiger partial charge in [0.25, 0.3) is 0 Å². The number of fused-ring (bicyclic) bond motifs is 1. The van der Waals surface area contributed by atoms with Gasteiger partial charge in [0.2, 0.25) is 0 Å². The maximum Gasteiger partial charge on any atom is 0.111 e. The summed E-state index contributed by atoms with van der Waals surface area (Å²) in [5.41, 5.74) is 1.97. The molecule has 2 aromatic rings. The molecule has 1 atom stereocenters. The number of hydrogen-bond donors (Lipinski definition) is 0. The maximum absolute atomic E-state index is 6.15. The molecule has 1 unspecified atom stereocenters. The van der Waals surface area contributed by atoms with Crippen molar-refractivity contribution in [2.24, 2.45) is 5.92 Å². The average Bonchev–Trinajstić information content (AvgIpc) is 3.15. The molecule has 5 heteroatoms. The second-order valence-electron chi connectivity index (χ2n) is 5.17. The number of benzene rings is 1. The highest BCUT2D eigenvalue weighted by molar-refractivity contribution is 6.42. The number of nitrogens with zero attached hydrogens (tertiary/aromatic N) is 2. The molecule has 1 aliphatic carbocycles. The Labute approximate surface area is 127 Å². The first-order valence-electron chi connectivity index (χ1n) is 6.53. The van der Waals surface area contributed by atoms with Gasteiger partial charge < -0.3 is 4.57 Å². The lowest BCUT2D eigenvalue weighted by molar-refractivity contribution is 0.482. The number of halogens is 3. The summed E-state index contributed by atoms with van der Waals surface area (Å²) in [6, 6.07) is 4.20. The van der Waals surface area contributed by atoms with Crippen LogP contribution in [0, 0.1) is 5.92 Å². The molecule has 3 rings (SSSR count). The third-order valence-electron chi connectivity index (χ3n) is 3.83. The predicted octanol–water partition coefficient (Wildman–Crippen LogP) is 5.10. The third kappa shape index (κ3) is 2.46. The third-order valence-corrected chi connectivity index (χ3v) is 4.75. The Morgan fingerprint density at radius 3 is 2.63 bits per heavy atom. The minimum Gasteiger partial charge on any atom is -0.325 e. The molecule has 1 fully saturated rings. The fourth-order valence-electron chi connectivity index (χ4n) is 2.65. The normalized spacial score (nSPS) is 17.1. The molecule has 0 spiro atoms. The highest BCUT2D eigenvalue weighted by Crippen LogP contribution is 2.42. The Hall–Kier alpha value is -0.440. The molecule has 0 N–H and O–H groups in total. The van der Waals surface area contributed by atoms with Crippen LogP contribution in [0.25, 0.3) is 11.0 Å². The summed E-state index contributed by atoms with van der Waals surface area (Å²) in [7, 11) is 0. The van der Waals surface area contributed by atoms with E-state index in [2.05, 4.69) is 16.5 Å². The van der Waals surface area contributed by atoms with Gasteiger partial charge in [0.15, 0.2) is 0 Å². The van der Waals surface area contributed by atoms with Crippen LogP contribution in [0.1, 0.15) is 31.6 Å². The number of rotatable bonds is 4. The highest BCUT2D eigenvalue weighted by atomic mass is 35.5. The zero-order valence-electron chi connectivity index (χ0n) is 10.7. The van der Waals surface area contributed by atoms with Crippen molar-refractivity contribution in [3.05, 3.63) is 28.0 Å². The number of aryl methyl sites for hydroxylation is 1. The molecule has 19 heavy (non-hydrogen) atoms. The Kier molecular flexibility index (Phi) is 3.67. The van der Waals surface area contributed by atoms with Gasteiger partial charge in [0.05, 0.1) is 21.1 Å². The first kappa shape index (κ1) is 13.5. The van der Waals surface area contributed by atoms with E-state index in [-0.39, 0.29) is 0 Å². The second kappa shape index (κ2) is 5.16. The van der Waals surface area contributed by atoms with Crippen molar-refractivity contribution in [3.63, 3.8) is 0 Å². The lowest BCUT2D eigenvalue weighted by Crippen LogP contribution is -2.11. The monoisotopic (exact) mass is 316 g/mol. The van der Waals surface area contributed by atoms with Gasteiger partial charge in [-0.25, -0.2) is 4.98 Å². The molecule has 1 aromatic carbocycles. The predicted molar refractivity (Wildman–Crippen MR) is 81.6 cm³/mol. The summed E-state index contributed by atoms with van der Waals surface area (Å²) in [6.45, 7) is 2.25. The SMILES string of the molecule is CC(C1CC1)n1c(CCCl)nc2cc(Cl)c(Cl)cc21. The fourth-order valence-corrected chi connectivity index (χ4v) is 3.13. The number of hydrogen-bond acceptors (Lipinski definition) is 1. The topological polar surface area (TPSA) is 17.8 Å². The Morgan fingerprint density at radius 1 is 1.32 bits per heavy atom. The molecule has 0 saturated heterocycles. The summed E-state index contributed by atoms with van der Waals surface area (Å²) in [5.74, 6) is 2.35. The molecule has 0 aliphatic heterocycles. The van der Waals surface area contributed by atoms with Crippen LogP contribution >= 0.6 is 34.8 Å². The minimum atomic E-state index is 0.445. The van der Waals surface area contributed by atoms with Crippen molar-refractivity contribution >= 4 is 45.8 Å². The number of aromatic nitrogens is 2. The number of imidazole rings is 1. The molecule has 0 bridgehead atoms. The molecule has 1 aliphatic rings. The van der Waals surface area contributed by atoms with Gasteiger partial charge in [-0.1, -0.05) is 23.2 Å². The van der Waals surface area contributed by atoms with Gasteiger partial charge >= 0.3 is 0 Å². The first-order chi connectivity index (χ1) is 9.11. The molecule has 1 saturated carbocycles. The summed E-state index contributed by atoms with van der Waals surface area (Å²) in [6.07, 6.45) is 3.35. The van der Waals surface area contributed by atoms with Crippen LogP contribution < -0.4 is 0 Å². The van der Waals surface area contributed by atoms with E-state index < -0.39 is 0 Å². The van der Waals surface area contributed by atoms with Crippen molar-refractivity contribution < 1.29 is 0 Å². The average molecular weight is 318 g/mol. The van der Waals surface area contributed by atoms with E-state index in [1.54, 1.807) is 0 Å². The largest absolute Gasteiger partial charge is 0.325 e. The molecule has 0 radical (unpaired) electrons. The second-order valence-corrected chi connectivity index (χ2v) is 6.36. The van der Waals surface area contributed by atoms with Gasteiger partial charge in [-0.15, -0.1) is 11.6 Å². The molecular formula is C14H15Cl3N2. The molecule has 0 amide bonds. The van der Waals surface area contributed by atoms with Gasteiger partial charge in [-0.05, 0) is 37.8 Å². The fraction of sp³-hybridized carbons (Fsp3) is 0.500. The van der Waals surface area contributed by atoms with Crippen LogP contribution in [0.2, 0.25) is 10.0 Å². The molecule has 2 nitrogen and oxygen atoms in total. The Balaban J connectivity index is 2.18. The van der Waals surface area contributed by atoms with E-state index in [0.29, 0.717) is 22.0 Å². The molecular weight excluding hydrogens is 303 g/mol. The lowest BCUT2D eigenvalue weighted by Gasteiger charge is -2.17. The van der Waals surface area contributed by atoms with Crippen LogP contribution in [0.3, 0.4) is 0 Å². The van der Waals surface area contributed by atoms with Crippen LogP contribution in [-0.2, 0) is 6.42 Å². The minimum absolute atomic E-state index is 0.445. The summed E-state index contributed by atoms with van der Waals surface area (Å²) < 4.78 is 2.29. The van der Waals surface area contributed by atoms with Crippen LogP contribution in [-0.4, -0.2) is 15.4 Å². The van der Waals surface area contributed by atoms with Gasteiger partial charge in [-0.2, -0.15) is 0 Å². The van der Waals surface area contributed by atoms with Crippen molar-refractivity contribution in [1.29, 1.82) is 0 Å². The van der Waals surface area contributed by atoms with E-state index in [4.69, 9.17) is 34.8 Å². The van der Waals surface area contributed by atoms with Crippen molar-refractivity contribution in [3.8, 4) is 0 Å². The summed E-state index contributed by atoms with van der Waals surface area (Å²) in [4.78, 5) is 4.67. The first-order valence-corrected chi connectivity index (χ1v) is 7.82. The van der Waals surface area contributed by atoms with E-state index in [1.807, 2.05) is 12.1 Å². The zero-order valence-corrected chi connectivity index (χ0v) is 12.9. The van der Waals surface area contributed by atoms with Crippen LogP contribution in [0.5, 0.6) is 0 Å². The van der Waals surface area contributed by atoms with Crippen LogP contribution in [0.15, 0.2) is 12.1 Å². The van der Waals surface area contributed by atoms with Gasteiger partial charge in [0, 0.05) is 18.3 Å². The van der Waals surface area contributed by atoms with Gasteiger partial charge in [-0.3, -0.25) is 0 Å².